The summed E-state index contributed by atoms with van der Waals surface area (Å²) in [6, 6.07) is 4.01. The molecule has 1 aromatic carbocycles. The van der Waals surface area contributed by atoms with Crippen molar-refractivity contribution in [1.82, 2.24) is 9.21 Å². The van der Waals surface area contributed by atoms with Gasteiger partial charge >= 0.3 is 6.18 Å². The lowest BCUT2D eigenvalue weighted by Gasteiger charge is -2.18. The summed E-state index contributed by atoms with van der Waals surface area (Å²) in [5.74, 6) is -1.70. The van der Waals surface area contributed by atoms with Crippen LogP contribution in [-0.4, -0.2) is 67.7 Å². The fourth-order valence-electron chi connectivity index (χ4n) is 2.61. The molecular formula is C15H19F3N2O4S. The first-order valence-electron chi connectivity index (χ1n) is 7.46. The Bertz CT molecular complexity index is 749. The van der Waals surface area contributed by atoms with Crippen molar-refractivity contribution in [2.45, 2.75) is 12.3 Å². The first-order chi connectivity index (χ1) is 11.4. The molecular weight excluding hydrogens is 361 g/mol. The van der Waals surface area contributed by atoms with Crippen molar-refractivity contribution in [3.8, 4) is 0 Å². The van der Waals surface area contributed by atoms with Crippen molar-refractivity contribution >= 4 is 15.9 Å². The first-order valence-corrected chi connectivity index (χ1v) is 9.07. The first kappa shape index (κ1) is 19.7. The lowest BCUT2D eigenvalue weighted by atomic mass is 10.1. The third-order valence-electron chi connectivity index (χ3n) is 4.11. The standard InChI is InChI=1S/C15H19F3N2O4S/c1-19(2)25(23,24)9-11-7-20(8-13(11)21)14(22)10-4-3-5-12(6-10)15(16,17)18/h3-6,11,13,21H,7-9H2,1-2H3/t11-,13-/m0/s1. The number of hydrogen-bond donors (Lipinski definition) is 1. The molecule has 1 aliphatic rings. The number of carbonyl (C=O) groups is 1. The van der Waals surface area contributed by atoms with Crippen LogP contribution in [0.15, 0.2) is 24.3 Å². The molecule has 1 fully saturated rings. The molecule has 0 radical (unpaired) electrons. The highest BCUT2D eigenvalue weighted by Gasteiger charge is 2.38. The van der Waals surface area contributed by atoms with Crippen LogP contribution in [0.3, 0.4) is 0 Å². The smallest absolute Gasteiger partial charge is 0.391 e. The number of aliphatic hydroxyl groups is 1. The fourth-order valence-corrected chi connectivity index (χ4v) is 3.78. The molecule has 0 spiro atoms. The minimum absolute atomic E-state index is 0.0384. The molecule has 2 atom stereocenters. The summed E-state index contributed by atoms with van der Waals surface area (Å²) in [5.41, 5.74) is -1.09. The third-order valence-corrected chi connectivity index (χ3v) is 6.07. The molecule has 1 saturated heterocycles. The second-order valence-electron chi connectivity index (χ2n) is 6.18. The number of hydrogen-bond acceptors (Lipinski definition) is 4. The average Bonchev–Trinajstić information content (AvgIpc) is 2.86. The monoisotopic (exact) mass is 380 g/mol. The maximum Gasteiger partial charge on any atom is 0.416 e. The molecule has 0 saturated carbocycles. The van der Waals surface area contributed by atoms with Crippen molar-refractivity contribution in [1.29, 1.82) is 0 Å². The number of carbonyl (C=O) groups excluding carboxylic acids is 1. The van der Waals surface area contributed by atoms with E-state index in [0.29, 0.717) is 0 Å². The summed E-state index contributed by atoms with van der Waals surface area (Å²) in [6.07, 6.45) is -5.62. The van der Waals surface area contributed by atoms with E-state index >= 15 is 0 Å². The van der Waals surface area contributed by atoms with Crippen LogP contribution in [0.5, 0.6) is 0 Å². The number of benzene rings is 1. The highest BCUT2D eigenvalue weighted by Crippen LogP contribution is 2.30. The minimum Gasteiger partial charge on any atom is -0.391 e. The molecule has 10 heteroatoms. The molecule has 140 valence electrons. The Morgan fingerprint density at radius 2 is 1.96 bits per heavy atom. The van der Waals surface area contributed by atoms with Crippen molar-refractivity contribution in [3.63, 3.8) is 0 Å². The number of likely N-dealkylation sites (tertiary alicyclic amines) is 1. The van der Waals surface area contributed by atoms with Crippen LogP contribution in [0.1, 0.15) is 15.9 Å². The van der Waals surface area contributed by atoms with E-state index in [2.05, 4.69) is 0 Å². The van der Waals surface area contributed by atoms with Crippen molar-refractivity contribution in [3.05, 3.63) is 35.4 Å². The van der Waals surface area contributed by atoms with E-state index < -0.39 is 39.7 Å². The van der Waals surface area contributed by atoms with E-state index in [-0.39, 0.29) is 24.4 Å². The molecule has 0 unspecified atom stereocenters. The lowest BCUT2D eigenvalue weighted by molar-refractivity contribution is -0.137. The Balaban J connectivity index is 2.14. The van der Waals surface area contributed by atoms with Crippen molar-refractivity contribution in [2.75, 3.05) is 32.9 Å². The Morgan fingerprint density at radius 1 is 1.32 bits per heavy atom. The van der Waals surface area contributed by atoms with Gasteiger partial charge in [-0.1, -0.05) is 6.07 Å². The van der Waals surface area contributed by atoms with Gasteiger partial charge in [0, 0.05) is 38.7 Å². The fraction of sp³-hybridized carbons (Fsp3) is 0.533. The van der Waals surface area contributed by atoms with Gasteiger partial charge in [0.15, 0.2) is 0 Å². The Kier molecular flexibility index (Phi) is 5.45. The number of amides is 1. The average molecular weight is 380 g/mol. The van der Waals surface area contributed by atoms with Crippen molar-refractivity contribution in [2.24, 2.45) is 5.92 Å². The van der Waals surface area contributed by atoms with E-state index in [1.165, 1.54) is 25.1 Å². The normalized spacial score (nSPS) is 21.8. The second-order valence-corrected chi connectivity index (χ2v) is 8.40. The zero-order valence-electron chi connectivity index (χ0n) is 13.7. The molecule has 1 aromatic rings. The van der Waals surface area contributed by atoms with Crippen LogP contribution in [-0.2, 0) is 16.2 Å². The van der Waals surface area contributed by atoms with Gasteiger partial charge in [-0.05, 0) is 18.2 Å². The van der Waals surface area contributed by atoms with Gasteiger partial charge in [-0.25, -0.2) is 12.7 Å². The van der Waals surface area contributed by atoms with Crippen LogP contribution in [0, 0.1) is 5.92 Å². The number of alkyl halides is 3. The molecule has 1 N–H and O–H groups in total. The Hall–Kier alpha value is -1.65. The summed E-state index contributed by atoms with van der Waals surface area (Å²) in [5, 5.41) is 10.0. The van der Waals surface area contributed by atoms with E-state index in [4.69, 9.17) is 0 Å². The predicted molar refractivity (Wildman–Crippen MR) is 84.3 cm³/mol. The van der Waals surface area contributed by atoms with Gasteiger partial charge < -0.3 is 10.0 Å². The quantitative estimate of drug-likeness (QED) is 0.846. The number of aliphatic hydroxyl groups excluding tert-OH is 1. The minimum atomic E-state index is -4.57. The van der Waals surface area contributed by atoms with Gasteiger partial charge in [-0.3, -0.25) is 4.79 Å². The van der Waals surface area contributed by atoms with Crippen LogP contribution in [0.25, 0.3) is 0 Å². The highest BCUT2D eigenvalue weighted by atomic mass is 32.2. The maximum atomic E-state index is 12.8. The molecule has 0 aliphatic carbocycles. The van der Waals surface area contributed by atoms with Gasteiger partial charge in [0.25, 0.3) is 5.91 Å². The maximum absolute atomic E-state index is 12.8. The number of halogens is 3. The van der Waals surface area contributed by atoms with Gasteiger partial charge in [-0.15, -0.1) is 0 Å². The molecule has 1 heterocycles. The van der Waals surface area contributed by atoms with Gasteiger partial charge in [0.2, 0.25) is 10.0 Å². The second kappa shape index (κ2) is 6.93. The SMILES string of the molecule is CN(C)S(=O)(=O)C[C@@H]1CN(C(=O)c2cccc(C(F)(F)F)c2)C[C@@H]1O. The summed E-state index contributed by atoms with van der Waals surface area (Å²) in [6.45, 7) is -0.161. The molecule has 0 bridgehead atoms. The Labute approximate surface area is 143 Å². The van der Waals surface area contributed by atoms with Gasteiger partial charge in [-0.2, -0.15) is 13.2 Å². The lowest BCUT2D eigenvalue weighted by Crippen LogP contribution is -2.33. The van der Waals surface area contributed by atoms with Gasteiger partial charge in [0.1, 0.15) is 0 Å². The molecule has 25 heavy (non-hydrogen) atoms. The van der Waals surface area contributed by atoms with Crippen LogP contribution < -0.4 is 0 Å². The number of nitrogens with zero attached hydrogens (tertiary/aromatic N) is 2. The van der Waals surface area contributed by atoms with E-state index in [1.54, 1.807) is 0 Å². The predicted octanol–water partition coefficient (Wildman–Crippen LogP) is 1.03. The molecule has 0 aromatic heterocycles. The summed E-state index contributed by atoms with van der Waals surface area (Å²) in [4.78, 5) is 13.6. The summed E-state index contributed by atoms with van der Waals surface area (Å²) >= 11 is 0. The molecule has 6 nitrogen and oxygen atoms in total. The summed E-state index contributed by atoms with van der Waals surface area (Å²) < 4.78 is 63.1. The van der Waals surface area contributed by atoms with E-state index in [1.807, 2.05) is 0 Å². The number of rotatable bonds is 4. The largest absolute Gasteiger partial charge is 0.416 e. The molecule has 2 rings (SSSR count). The summed E-state index contributed by atoms with van der Waals surface area (Å²) in [7, 11) is -0.841. The van der Waals surface area contributed by atoms with Crippen molar-refractivity contribution < 1.29 is 31.5 Å². The van der Waals surface area contributed by atoms with E-state index in [0.717, 1.165) is 22.5 Å². The zero-order valence-corrected chi connectivity index (χ0v) is 14.5. The molecule has 1 amide bonds. The Morgan fingerprint density at radius 3 is 2.52 bits per heavy atom. The van der Waals surface area contributed by atoms with Crippen LogP contribution in [0.2, 0.25) is 0 Å². The highest BCUT2D eigenvalue weighted by molar-refractivity contribution is 7.89. The topological polar surface area (TPSA) is 77.9 Å². The van der Waals surface area contributed by atoms with Crippen LogP contribution in [0.4, 0.5) is 13.2 Å². The number of β-amino-alcohol motifs (C(OH)–C–C–N with tert-alkyl or cyclic N) is 1. The zero-order chi connectivity index (χ0) is 19.0. The third kappa shape index (κ3) is 4.50. The van der Waals surface area contributed by atoms with Gasteiger partial charge in [0.05, 0.1) is 17.4 Å². The van der Waals surface area contributed by atoms with Crippen LogP contribution >= 0.6 is 0 Å². The van der Waals surface area contributed by atoms with E-state index in [9.17, 15) is 31.5 Å². The number of sulfonamides is 1. The molecule has 1 aliphatic heterocycles.